The number of hydrogen-bond donors (Lipinski definition) is 1. The number of hydrogen-bond acceptors (Lipinski definition) is 4. The quantitative estimate of drug-likeness (QED) is 0.865. The summed E-state index contributed by atoms with van der Waals surface area (Å²) in [6.45, 7) is 0. The summed E-state index contributed by atoms with van der Waals surface area (Å²) in [7, 11) is 3.65. The highest BCUT2D eigenvalue weighted by Gasteiger charge is 2.36. The van der Waals surface area contributed by atoms with Crippen LogP contribution in [0.25, 0.3) is 0 Å². The molecule has 1 amide bonds. The van der Waals surface area contributed by atoms with Crippen LogP contribution >= 0.6 is 0 Å². The largest absolute Gasteiger partial charge is 0.364 e. The van der Waals surface area contributed by atoms with Crippen LogP contribution in [-0.4, -0.2) is 29.6 Å². The number of nitrogens with two attached hydrogens (primary N) is 1. The van der Waals surface area contributed by atoms with Crippen molar-refractivity contribution in [3.8, 4) is 0 Å². The number of benzene rings is 1. The van der Waals surface area contributed by atoms with Crippen molar-refractivity contribution in [2.75, 3.05) is 19.0 Å². The molecule has 2 aromatic rings. The summed E-state index contributed by atoms with van der Waals surface area (Å²) in [6, 6.07) is 9.85. The number of anilines is 1. The van der Waals surface area contributed by atoms with Gasteiger partial charge in [-0.25, -0.2) is 4.98 Å². The fraction of sp³-hybridized carbons (Fsp3) is 0.450. The molecule has 26 heavy (non-hydrogen) atoms. The molecule has 6 nitrogen and oxygen atoms in total. The second-order valence-electron chi connectivity index (χ2n) is 7.63. The Hall–Kier alpha value is -2.63. The lowest BCUT2D eigenvalue weighted by Gasteiger charge is -2.26. The lowest BCUT2D eigenvalue weighted by molar-refractivity contribution is 0.0995. The fourth-order valence-corrected chi connectivity index (χ4v) is 3.61. The van der Waals surface area contributed by atoms with Gasteiger partial charge in [-0.3, -0.25) is 14.2 Å². The maximum atomic E-state index is 12.9. The van der Waals surface area contributed by atoms with Gasteiger partial charge in [-0.05, 0) is 48.6 Å². The molecule has 2 saturated carbocycles. The molecule has 2 aliphatic rings. The first-order valence-electron chi connectivity index (χ1n) is 9.16. The molecule has 6 heteroatoms. The Kier molecular flexibility index (Phi) is 4.05. The van der Waals surface area contributed by atoms with Gasteiger partial charge in [0.2, 0.25) is 5.95 Å². The molecule has 1 atom stereocenters. The zero-order valence-corrected chi connectivity index (χ0v) is 15.2. The minimum Gasteiger partial charge on any atom is -0.364 e. The van der Waals surface area contributed by atoms with E-state index in [0.717, 1.165) is 18.4 Å². The highest BCUT2D eigenvalue weighted by atomic mass is 16.1. The standard InChI is InChI=1S/C20H24N4O2/c1-23(2)20-22-16(19(21)26)11-17(25)24(20)18(15-9-10-15)14-7-5-13(6-8-14)12-3-4-12/h5-8,11-12,15,18H,3-4,9-10H2,1-2H3,(H2,21,26)/t18-/m0/s1. The van der Waals surface area contributed by atoms with Crippen LogP contribution in [0, 0.1) is 5.92 Å². The Bertz CT molecular complexity index is 893. The molecule has 0 bridgehead atoms. The number of primary amides is 1. The van der Waals surface area contributed by atoms with Gasteiger partial charge in [-0.1, -0.05) is 24.3 Å². The van der Waals surface area contributed by atoms with Crippen LogP contribution in [0.1, 0.15) is 59.3 Å². The first-order chi connectivity index (χ1) is 12.5. The third-order valence-electron chi connectivity index (χ3n) is 5.26. The molecule has 1 aromatic carbocycles. The number of rotatable bonds is 6. The molecule has 2 fully saturated rings. The van der Waals surface area contributed by atoms with E-state index in [1.807, 2.05) is 14.1 Å². The Labute approximate surface area is 152 Å². The monoisotopic (exact) mass is 352 g/mol. The number of amides is 1. The number of aromatic nitrogens is 2. The van der Waals surface area contributed by atoms with Crippen LogP contribution in [0.3, 0.4) is 0 Å². The Balaban J connectivity index is 1.81. The van der Waals surface area contributed by atoms with E-state index >= 15 is 0 Å². The van der Waals surface area contributed by atoms with Gasteiger partial charge >= 0.3 is 0 Å². The molecule has 1 heterocycles. The average molecular weight is 352 g/mol. The fourth-order valence-electron chi connectivity index (χ4n) is 3.61. The summed E-state index contributed by atoms with van der Waals surface area (Å²) < 4.78 is 1.72. The third kappa shape index (κ3) is 3.11. The number of nitrogens with zero attached hydrogens (tertiary/aromatic N) is 3. The van der Waals surface area contributed by atoms with E-state index in [-0.39, 0.29) is 17.3 Å². The summed E-state index contributed by atoms with van der Waals surface area (Å²) in [6.07, 6.45) is 4.72. The third-order valence-corrected chi connectivity index (χ3v) is 5.26. The van der Waals surface area contributed by atoms with Crippen molar-refractivity contribution in [3.63, 3.8) is 0 Å². The van der Waals surface area contributed by atoms with Crippen LogP contribution in [0.15, 0.2) is 35.1 Å². The van der Waals surface area contributed by atoms with Crippen molar-refractivity contribution in [2.24, 2.45) is 11.7 Å². The first kappa shape index (κ1) is 16.8. The Morgan fingerprint density at radius 1 is 1.19 bits per heavy atom. The van der Waals surface area contributed by atoms with Crippen LogP contribution in [0.4, 0.5) is 5.95 Å². The Morgan fingerprint density at radius 2 is 1.85 bits per heavy atom. The first-order valence-corrected chi connectivity index (χ1v) is 9.16. The van der Waals surface area contributed by atoms with Crippen molar-refractivity contribution >= 4 is 11.9 Å². The molecule has 0 unspecified atom stereocenters. The van der Waals surface area contributed by atoms with Gasteiger partial charge < -0.3 is 10.6 Å². The number of carbonyl (C=O) groups is 1. The molecular weight excluding hydrogens is 328 g/mol. The topological polar surface area (TPSA) is 81.2 Å². The van der Waals surface area contributed by atoms with Gasteiger partial charge in [-0.2, -0.15) is 0 Å². The minimum absolute atomic E-state index is 0.00794. The van der Waals surface area contributed by atoms with Crippen molar-refractivity contribution < 1.29 is 4.79 Å². The molecule has 0 radical (unpaired) electrons. The molecule has 2 aliphatic carbocycles. The molecule has 0 saturated heterocycles. The van der Waals surface area contributed by atoms with Crippen molar-refractivity contribution in [3.05, 3.63) is 57.5 Å². The van der Waals surface area contributed by atoms with Crippen molar-refractivity contribution in [1.82, 2.24) is 9.55 Å². The van der Waals surface area contributed by atoms with E-state index in [1.165, 1.54) is 24.5 Å². The second kappa shape index (κ2) is 6.27. The molecule has 136 valence electrons. The highest BCUT2D eigenvalue weighted by Crippen LogP contribution is 2.45. The maximum absolute atomic E-state index is 12.9. The summed E-state index contributed by atoms with van der Waals surface area (Å²) in [5.41, 5.74) is 7.62. The van der Waals surface area contributed by atoms with Gasteiger partial charge in [0.05, 0.1) is 6.04 Å². The SMILES string of the molecule is CN(C)c1nc(C(N)=O)cc(=O)n1[C@@H](c1ccc(C2CC2)cc1)C1CC1. The van der Waals surface area contributed by atoms with Crippen LogP contribution in [0.5, 0.6) is 0 Å². The summed E-state index contributed by atoms with van der Waals surface area (Å²) in [5.74, 6) is 0.906. The molecule has 0 aliphatic heterocycles. The zero-order chi connectivity index (χ0) is 18.4. The molecule has 4 rings (SSSR count). The lowest BCUT2D eigenvalue weighted by Crippen LogP contribution is -2.34. The van der Waals surface area contributed by atoms with E-state index in [2.05, 4.69) is 29.2 Å². The lowest BCUT2D eigenvalue weighted by atomic mass is 9.99. The predicted octanol–water partition coefficient (Wildman–Crippen LogP) is 2.28. The van der Waals surface area contributed by atoms with Gasteiger partial charge in [-0.15, -0.1) is 0 Å². The smallest absolute Gasteiger partial charge is 0.267 e. The molecule has 1 aromatic heterocycles. The van der Waals surface area contributed by atoms with Crippen molar-refractivity contribution in [1.29, 1.82) is 0 Å². The molecule has 2 N–H and O–H groups in total. The average Bonchev–Trinajstić information content (AvgIpc) is 3.49. The summed E-state index contributed by atoms with van der Waals surface area (Å²) in [5, 5.41) is 0. The van der Waals surface area contributed by atoms with Crippen LogP contribution < -0.4 is 16.2 Å². The van der Waals surface area contributed by atoms with Crippen LogP contribution in [-0.2, 0) is 0 Å². The van der Waals surface area contributed by atoms with Crippen LogP contribution in [0.2, 0.25) is 0 Å². The van der Waals surface area contributed by atoms with E-state index in [1.54, 1.807) is 9.47 Å². The normalized spacial score (nSPS) is 17.8. The number of carbonyl (C=O) groups excluding carboxylic acids is 1. The maximum Gasteiger partial charge on any atom is 0.267 e. The minimum atomic E-state index is -0.686. The van der Waals surface area contributed by atoms with Gasteiger partial charge in [0.15, 0.2) is 0 Å². The highest BCUT2D eigenvalue weighted by molar-refractivity contribution is 5.90. The zero-order valence-electron chi connectivity index (χ0n) is 15.2. The van der Waals surface area contributed by atoms with E-state index in [0.29, 0.717) is 17.8 Å². The molecule has 0 spiro atoms. The molecular formula is C20H24N4O2. The van der Waals surface area contributed by atoms with E-state index in [4.69, 9.17) is 5.73 Å². The second-order valence-corrected chi connectivity index (χ2v) is 7.63. The summed E-state index contributed by atoms with van der Waals surface area (Å²) in [4.78, 5) is 30.5. The van der Waals surface area contributed by atoms with E-state index < -0.39 is 5.91 Å². The van der Waals surface area contributed by atoms with Gasteiger partial charge in [0.25, 0.3) is 11.5 Å². The van der Waals surface area contributed by atoms with E-state index in [9.17, 15) is 9.59 Å². The van der Waals surface area contributed by atoms with Gasteiger partial charge in [0.1, 0.15) is 5.69 Å². The predicted molar refractivity (Wildman–Crippen MR) is 101 cm³/mol. The van der Waals surface area contributed by atoms with Gasteiger partial charge in [0, 0.05) is 20.2 Å². The van der Waals surface area contributed by atoms with Crippen molar-refractivity contribution in [2.45, 2.75) is 37.6 Å². The summed E-state index contributed by atoms with van der Waals surface area (Å²) >= 11 is 0. The Morgan fingerprint density at radius 3 is 2.35 bits per heavy atom.